The third-order valence-corrected chi connectivity index (χ3v) is 2.65. The summed E-state index contributed by atoms with van der Waals surface area (Å²) in [5.41, 5.74) is 0. The molecule has 94 valence electrons. The third-order valence-electron chi connectivity index (χ3n) is 2.65. The Hall–Kier alpha value is -0.780. The van der Waals surface area contributed by atoms with Crippen LogP contribution in [-0.2, 0) is 4.79 Å². The summed E-state index contributed by atoms with van der Waals surface area (Å²) in [4.78, 5) is 13.3. The molecule has 1 fully saturated rings. The van der Waals surface area contributed by atoms with Crippen LogP contribution in [-0.4, -0.2) is 42.7 Å². The molecule has 1 rings (SSSR count). The zero-order valence-electron chi connectivity index (χ0n) is 9.31. The number of nitrogens with zero attached hydrogens (tertiary/aromatic N) is 1. The van der Waals surface area contributed by atoms with Gasteiger partial charge in [0.25, 0.3) is 0 Å². The number of carbonyl (C=O) groups excluding carboxylic acids is 1. The Kier molecular flexibility index (Phi) is 4.58. The molecule has 0 radical (unpaired) electrons. The average molecular weight is 238 g/mol. The lowest BCUT2D eigenvalue weighted by Gasteiger charge is -2.29. The van der Waals surface area contributed by atoms with Crippen molar-refractivity contribution in [2.24, 2.45) is 0 Å². The molecule has 0 spiro atoms. The van der Waals surface area contributed by atoms with Crippen LogP contribution < -0.4 is 5.32 Å². The molecule has 16 heavy (non-hydrogen) atoms. The van der Waals surface area contributed by atoms with E-state index in [1.54, 1.807) is 4.90 Å². The normalized spacial score (nSPS) is 19.6. The standard InChI is InChI=1S/C10H17F3N2O/c1-8(14-7-10(11,12)13)9(16)15-5-3-2-4-6-15/h8,14H,2-7H2,1H3. The predicted molar refractivity (Wildman–Crippen MR) is 54.0 cm³/mol. The monoisotopic (exact) mass is 238 g/mol. The fraction of sp³-hybridized carbons (Fsp3) is 0.900. The number of halogens is 3. The van der Waals surface area contributed by atoms with Gasteiger partial charge in [-0.15, -0.1) is 0 Å². The molecule has 0 saturated carbocycles. The van der Waals surface area contributed by atoms with Crippen molar-refractivity contribution < 1.29 is 18.0 Å². The van der Waals surface area contributed by atoms with Crippen LogP contribution >= 0.6 is 0 Å². The number of piperidine rings is 1. The van der Waals surface area contributed by atoms with Gasteiger partial charge in [0.15, 0.2) is 0 Å². The number of carbonyl (C=O) groups is 1. The fourth-order valence-electron chi connectivity index (χ4n) is 1.74. The van der Waals surface area contributed by atoms with Crippen LogP contribution in [0, 0.1) is 0 Å². The number of hydrogen-bond acceptors (Lipinski definition) is 2. The Morgan fingerprint density at radius 2 is 1.88 bits per heavy atom. The maximum absolute atomic E-state index is 11.9. The Balaban J connectivity index is 2.34. The first-order chi connectivity index (χ1) is 7.40. The van der Waals surface area contributed by atoms with E-state index in [-0.39, 0.29) is 5.91 Å². The van der Waals surface area contributed by atoms with Crippen LogP contribution in [0.2, 0.25) is 0 Å². The highest BCUT2D eigenvalue weighted by atomic mass is 19.4. The second kappa shape index (κ2) is 5.52. The highest BCUT2D eigenvalue weighted by Gasteiger charge is 2.30. The molecule has 1 atom stereocenters. The third kappa shape index (κ3) is 4.38. The minimum absolute atomic E-state index is 0.232. The van der Waals surface area contributed by atoms with Crippen molar-refractivity contribution in [2.45, 2.75) is 38.4 Å². The summed E-state index contributed by atoms with van der Waals surface area (Å²) >= 11 is 0. The van der Waals surface area contributed by atoms with Gasteiger partial charge < -0.3 is 4.90 Å². The minimum atomic E-state index is -4.27. The number of alkyl halides is 3. The summed E-state index contributed by atoms with van der Waals surface area (Å²) in [6.45, 7) is 1.68. The second-order valence-corrected chi connectivity index (χ2v) is 4.10. The first-order valence-electron chi connectivity index (χ1n) is 5.49. The Morgan fingerprint density at radius 1 is 1.31 bits per heavy atom. The van der Waals surface area contributed by atoms with Gasteiger partial charge in [-0.1, -0.05) is 0 Å². The predicted octanol–water partition coefficient (Wildman–Crippen LogP) is 1.54. The van der Waals surface area contributed by atoms with Gasteiger partial charge in [0.1, 0.15) is 0 Å². The maximum atomic E-state index is 11.9. The molecule has 1 aliphatic heterocycles. The molecule has 1 aliphatic rings. The molecular weight excluding hydrogens is 221 g/mol. The first kappa shape index (κ1) is 13.3. The van der Waals surface area contributed by atoms with Crippen LogP contribution in [0.3, 0.4) is 0 Å². The molecule has 1 amide bonds. The van der Waals surface area contributed by atoms with Gasteiger partial charge in [0.05, 0.1) is 12.6 Å². The van der Waals surface area contributed by atoms with E-state index in [9.17, 15) is 18.0 Å². The molecule has 0 aromatic carbocycles. The van der Waals surface area contributed by atoms with Crippen LogP contribution in [0.5, 0.6) is 0 Å². The van der Waals surface area contributed by atoms with Crippen molar-refractivity contribution in [3.8, 4) is 0 Å². The van der Waals surface area contributed by atoms with Crippen LogP contribution in [0.4, 0.5) is 13.2 Å². The lowest BCUT2D eigenvalue weighted by atomic mass is 10.1. The lowest BCUT2D eigenvalue weighted by molar-refractivity contribution is -0.138. The molecule has 0 aromatic heterocycles. The number of amides is 1. The minimum Gasteiger partial charge on any atom is -0.341 e. The average Bonchev–Trinajstić information content (AvgIpc) is 2.25. The van der Waals surface area contributed by atoms with Gasteiger partial charge in [0.2, 0.25) is 5.91 Å². The van der Waals surface area contributed by atoms with Crippen molar-refractivity contribution in [3.05, 3.63) is 0 Å². The quantitative estimate of drug-likeness (QED) is 0.809. The molecule has 1 N–H and O–H groups in total. The van der Waals surface area contributed by atoms with E-state index in [1.165, 1.54) is 6.92 Å². The Labute approximate surface area is 93.0 Å². The smallest absolute Gasteiger partial charge is 0.341 e. The highest BCUT2D eigenvalue weighted by Crippen LogP contribution is 2.14. The van der Waals surface area contributed by atoms with Crippen LogP contribution in [0.25, 0.3) is 0 Å². The number of likely N-dealkylation sites (tertiary alicyclic amines) is 1. The summed E-state index contributed by atoms with van der Waals surface area (Å²) in [5, 5.41) is 2.20. The van der Waals surface area contributed by atoms with E-state index in [0.717, 1.165) is 19.3 Å². The highest BCUT2D eigenvalue weighted by molar-refractivity contribution is 5.81. The van der Waals surface area contributed by atoms with E-state index in [1.807, 2.05) is 0 Å². The van der Waals surface area contributed by atoms with E-state index in [0.29, 0.717) is 13.1 Å². The van der Waals surface area contributed by atoms with Gasteiger partial charge >= 0.3 is 6.18 Å². The summed E-state index contributed by atoms with van der Waals surface area (Å²) in [5.74, 6) is -0.232. The lowest BCUT2D eigenvalue weighted by Crippen LogP contribution is -2.48. The van der Waals surface area contributed by atoms with E-state index in [4.69, 9.17) is 0 Å². The van der Waals surface area contributed by atoms with Crippen molar-refractivity contribution in [1.82, 2.24) is 10.2 Å². The molecule has 1 unspecified atom stereocenters. The van der Waals surface area contributed by atoms with E-state index >= 15 is 0 Å². The zero-order chi connectivity index (χ0) is 12.2. The molecule has 1 saturated heterocycles. The first-order valence-corrected chi connectivity index (χ1v) is 5.49. The molecule has 0 aromatic rings. The van der Waals surface area contributed by atoms with Crippen molar-refractivity contribution in [2.75, 3.05) is 19.6 Å². The summed E-state index contributed by atoms with van der Waals surface area (Å²) < 4.78 is 35.8. The van der Waals surface area contributed by atoms with E-state index in [2.05, 4.69) is 5.32 Å². The van der Waals surface area contributed by atoms with Crippen LogP contribution in [0.1, 0.15) is 26.2 Å². The SMILES string of the molecule is CC(NCC(F)(F)F)C(=O)N1CCCCC1. The van der Waals surface area contributed by atoms with Crippen molar-refractivity contribution in [1.29, 1.82) is 0 Å². The molecule has 1 heterocycles. The molecule has 0 aliphatic carbocycles. The fourth-order valence-corrected chi connectivity index (χ4v) is 1.74. The van der Waals surface area contributed by atoms with Gasteiger partial charge in [-0.05, 0) is 26.2 Å². The topological polar surface area (TPSA) is 32.3 Å². The maximum Gasteiger partial charge on any atom is 0.401 e. The summed E-state index contributed by atoms with van der Waals surface area (Å²) in [6.07, 6.45) is -1.29. The Bertz CT molecular complexity index is 237. The van der Waals surface area contributed by atoms with Gasteiger partial charge in [-0.25, -0.2) is 0 Å². The number of rotatable bonds is 3. The Morgan fingerprint density at radius 3 is 2.38 bits per heavy atom. The molecule has 3 nitrogen and oxygen atoms in total. The molecule has 0 bridgehead atoms. The molecular formula is C10H17F3N2O. The number of nitrogens with one attached hydrogen (secondary N) is 1. The van der Waals surface area contributed by atoms with Gasteiger partial charge in [-0.2, -0.15) is 13.2 Å². The van der Waals surface area contributed by atoms with Gasteiger partial charge in [0, 0.05) is 13.1 Å². The van der Waals surface area contributed by atoms with E-state index < -0.39 is 18.8 Å². The van der Waals surface area contributed by atoms with Crippen LogP contribution in [0.15, 0.2) is 0 Å². The number of hydrogen-bond donors (Lipinski definition) is 1. The largest absolute Gasteiger partial charge is 0.401 e. The van der Waals surface area contributed by atoms with Gasteiger partial charge in [-0.3, -0.25) is 10.1 Å². The van der Waals surface area contributed by atoms with Crippen molar-refractivity contribution in [3.63, 3.8) is 0 Å². The van der Waals surface area contributed by atoms with Crippen molar-refractivity contribution >= 4 is 5.91 Å². The zero-order valence-corrected chi connectivity index (χ0v) is 9.31. The second-order valence-electron chi connectivity index (χ2n) is 4.10. The summed E-state index contributed by atoms with van der Waals surface area (Å²) in [7, 11) is 0. The molecule has 6 heteroatoms. The summed E-state index contributed by atoms with van der Waals surface area (Å²) in [6, 6.07) is -0.764.